The predicted octanol–water partition coefficient (Wildman–Crippen LogP) is 2.75. The van der Waals surface area contributed by atoms with Crippen molar-refractivity contribution in [2.45, 2.75) is 33.3 Å². The standard InChI is InChI=1S/C11H16O/c1-4-11(12)10-7-5-6-8(2)9(10)3/h5-7,11-12H,4H2,1-3H3/t11-/m0/s1. The zero-order valence-corrected chi connectivity index (χ0v) is 7.96. The minimum atomic E-state index is -0.301. The average Bonchev–Trinajstić information content (AvgIpc) is 2.08. The largest absolute Gasteiger partial charge is 0.388 e. The highest BCUT2D eigenvalue weighted by Gasteiger charge is 2.07. The third-order valence-corrected chi connectivity index (χ3v) is 2.39. The highest BCUT2D eigenvalue weighted by atomic mass is 16.3. The first-order chi connectivity index (χ1) is 5.66. The molecule has 0 radical (unpaired) electrons. The van der Waals surface area contributed by atoms with Crippen LogP contribution in [0.1, 0.15) is 36.1 Å². The minimum Gasteiger partial charge on any atom is -0.388 e. The van der Waals surface area contributed by atoms with Crippen LogP contribution in [-0.2, 0) is 0 Å². The molecule has 66 valence electrons. The van der Waals surface area contributed by atoms with Gasteiger partial charge >= 0.3 is 0 Å². The van der Waals surface area contributed by atoms with Gasteiger partial charge in [-0.15, -0.1) is 0 Å². The van der Waals surface area contributed by atoms with E-state index in [0.29, 0.717) is 0 Å². The Morgan fingerprint density at radius 2 is 2.00 bits per heavy atom. The molecule has 0 unspecified atom stereocenters. The van der Waals surface area contributed by atoms with Crippen LogP contribution in [0.3, 0.4) is 0 Å². The normalized spacial score (nSPS) is 13.0. The molecular formula is C11H16O. The number of aliphatic hydroxyl groups is 1. The van der Waals surface area contributed by atoms with Gasteiger partial charge in [-0.1, -0.05) is 25.1 Å². The van der Waals surface area contributed by atoms with Crippen molar-refractivity contribution in [2.24, 2.45) is 0 Å². The van der Waals surface area contributed by atoms with Crippen LogP contribution in [-0.4, -0.2) is 5.11 Å². The van der Waals surface area contributed by atoms with Gasteiger partial charge in [0.05, 0.1) is 6.10 Å². The van der Waals surface area contributed by atoms with E-state index >= 15 is 0 Å². The van der Waals surface area contributed by atoms with Gasteiger partial charge in [-0.25, -0.2) is 0 Å². The predicted molar refractivity (Wildman–Crippen MR) is 51.2 cm³/mol. The van der Waals surface area contributed by atoms with Crippen molar-refractivity contribution in [1.82, 2.24) is 0 Å². The van der Waals surface area contributed by atoms with Crippen LogP contribution in [0.4, 0.5) is 0 Å². The second-order valence-corrected chi connectivity index (χ2v) is 3.21. The average molecular weight is 164 g/mol. The lowest BCUT2D eigenvalue weighted by molar-refractivity contribution is 0.173. The van der Waals surface area contributed by atoms with Crippen molar-refractivity contribution in [1.29, 1.82) is 0 Å². The second kappa shape index (κ2) is 3.72. The van der Waals surface area contributed by atoms with Gasteiger partial charge in [0.2, 0.25) is 0 Å². The maximum atomic E-state index is 9.63. The fraction of sp³-hybridized carbons (Fsp3) is 0.455. The molecule has 1 atom stereocenters. The molecule has 0 aliphatic carbocycles. The van der Waals surface area contributed by atoms with E-state index < -0.39 is 0 Å². The van der Waals surface area contributed by atoms with E-state index in [1.807, 2.05) is 19.1 Å². The fourth-order valence-electron chi connectivity index (χ4n) is 1.35. The number of aryl methyl sites for hydroxylation is 1. The Kier molecular flexibility index (Phi) is 2.88. The molecule has 0 aliphatic rings. The van der Waals surface area contributed by atoms with E-state index in [1.165, 1.54) is 11.1 Å². The Balaban J connectivity index is 3.07. The van der Waals surface area contributed by atoms with Crippen molar-refractivity contribution >= 4 is 0 Å². The first-order valence-electron chi connectivity index (χ1n) is 4.41. The molecule has 0 aromatic heterocycles. The van der Waals surface area contributed by atoms with Crippen LogP contribution in [0.25, 0.3) is 0 Å². The summed E-state index contributed by atoms with van der Waals surface area (Å²) in [7, 11) is 0. The number of hydrogen-bond donors (Lipinski definition) is 1. The van der Waals surface area contributed by atoms with Gasteiger partial charge in [0.25, 0.3) is 0 Å². The lowest BCUT2D eigenvalue weighted by Gasteiger charge is -2.12. The first kappa shape index (κ1) is 9.27. The Morgan fingerprint density at radius 3 is 2.58 bits per heavy atom. The summed E-state index contributed by atoms with van der Waals surface area (Å²) in [5, 5.41) is 9.63. The molecule has 0 bridgehead atoms. The Bertz CT molecular complexity index is 266. The summed E-state index contributed by atoms with van der Waals surface area (Å²) in [6.45, 7) is 6.12. The van der Waals surface area contributed by atoms with Crippen LogP contribution >= 0.6 is 0 Å². The lowest BCUT2D eigenvalue weighted by Crippen LogP contribution is -1.99. The number of aliphatic hydroxyl groups excluding tert-OH is 1. The van der Waals surface area contributed by atoms with Crippen molar-refractivity contribution in [2.75, 3.05) is 0 Å². The van der Waals surface area contributed by atoms with Gasteiger partial charge in [-0.2, -0.15) is 0 Å². The molecule has 0 spiro atoms. The molecule has 1 heteroatoms. The molecule has 0 amide bonds. The molecule has 1 aromatic carbocycles. The Morgan fingerprint density at radius 1 is 1.33 bits per heavy atom. The lowest BCUT2D eigenvalue weighted by atomic mass is 9.98. The molecule has 0 aliphatic heterocycles. The van der Waals surface area contributed by atoms with E-state index in [1.54, 1.807) is 0 Å². The molecule has 0 fully saturated rings. The quantitative estimate of drug-likeness (QED) is 0.712. The van der Waals surface area contributed by atoms with Crippen molar-refractivity contribution in [3.05, 3.63) is 34.9 Å². The highest BCUT2D eigenvalue weighted by molar-refractivity contribution is 5.34. The third-order valence-electron chi connectivity index (χ3n) is 2.39. The van der Waals surface area contributed by atoms with Gasteiger partial charge in [0.15, 0.2) is 0 Å². The number of rotatable bonds is 2. The van der Waals surface area contributed by atoms with E-state index in [9.17, 15) is 5.11 Å². The van der Waals surface area contributed by atoms with Crippen LogP contribution < -0.4 is 0 Å². The van der Waals surface area contributed by atoms with Crippen molar-refractivity contribution in [3.8, 4) is 0 Å². The molecule has 1 rings (SSSR count). The summed E-state index contributed by atoms with van der Waals surface area (Å²) in [5.41, 5.74) is 3.53. The molecule has 1 N–H and O–H groups in total. The van der Waals surface area contributed by atoms with E-state index in [4.69, 9.17) is 0 Å². The van der Waals surface area contributed by atoms with Crippen molar-refractivity contribution < 1.29 is 5.11 Å². The van der Waals surface area contributed by atoms with Gasteiger partial charge in [0, 0.05) is 0 Å². The molecule has 0 saturated heterocycles. The van der Waals surface area contributed by atoms with Crippen LogP contribution in [0.15, 0.2) is 18.2 Å². The zero-order chi connectivity index (χ0) is 9.14. The first-order valence-corrected chi connectivity index (χ1v) is 4.41. The maximum absolute atomic E-state index is 9.63. The molecule has 0 heterocycles. The molecular weight excluding hydrogens is 148 g/mol. The SMILES string of the molecule is CC[C@H](O)c1cccc(C)c1C. The maximum Gasteiger partial charge on any atom is 0.0790 e. The summed E-state index contributed by atoms with van der Waals surface area (Å²) in [5.74, 6) is 0. The van der Waals surface area contributed by atoms with Gasteiger partial charge < -0.3 is 5.11 Å². The smallest absolute Gasteiger partial charge is 0.0790 e. The van der Waals surface area contributed by atoms with Crippen LogP contribution in [0.5, 0.6) is 0 Å². The summed E-state index contributed by atoms with van der Waals surface area (Å²) in [6, 6.07) is 6.06. The number of hydrogen-bond acceptors (Lipinski definition) is 1. The summed E-state index contributed by atoms with van der Waals surface area (Å²) in [6.07, 6.45) is 0.481. The fourth-order valence-corrected chi connectivity index (χ4v) is 1.35. The molecule has 12 heavy (non-hydrogen) atoms. The Labute approximate surface area is 74.1 Å². The van der Waals surface area contributed by atoms with Gasteiger partial charge in [-0.05, 0) is 37.0 Å². The Hall–Kier alpha value is -0.820. The summed E-state index contributed by atoms with van der Waals surface area (Å²) in [4.78, 5) is 0. The monoisotopic (exact) mass is 164 g/mol. The van der Waals surface area contributed by atoms with Crippen molar-refractivity contribution in [3.63, 3.8) is 0 Å². The van der Waals surface area contributed by atoms with Crippen LogP contribution in [0.2, 0.25) is 0 Å². The highest BCUT2D eigenvalue weighted by Crippen LogP contribution is 2.22. The topological polar surface area (TPSA) is 20.2 Å². The van der Waals surface area contributed by atoms with Gasteiger partial charge in [-0.3, -0.25) is 0 Å². The second-order valence-electron chi connectivity index (χ2n) is 3.21. The van der Waals surface area contributed by atoms with Crippen LogP contribution in [0, 0.1) is 13.8 Å². The van der Waals surface area contributed by atoms with E-state index in [-0.39, 0.29) is 6.10 Å². The van der Waals surface area contributed by atoms with E-state index in [2.05, 4.69) is 19.9 Å². The summed E-state index contributed by atoms with van der Waals surface area (Å²) >= 11 is 0. The third kappa shape index (κ3) is 1.67. The number of benzene rings is 1. The molecule has 0 saturated carbocycles. The zero-order valence-electron chi connectivity index (χ0n) is 7.96. The summed E-state index contributed by atoms with van der Waals surface area (Å²) < 4.78 is 0. The van der Waals surface area contributed by atoms with E-state index in [0.717, 1.165) is 12.0 Å². The molecule has 1 aromatic rings. The van der Waals surface area contributed by atoms with Gasteiger partial charge in [0.1, 0.15) is 0 Å². The minimum absolute atomic E-state index is 0.301. The molecule has 1 nitrogen and oxygen atoms in total.